The van der Waals surface area contributed by atoms with E-state index in [1.54, 1.807) is 0 Å². The molecule has 0 radical (unpaired) electrons. The van der Waals surface area contributed by atoms with Gasteiger partial charge in [0.1, 0.15) is 0 Å². The van der Waals surface area contributed by atoms with Crippen LogP contribution in [0.15, 0.2) is 12.2 Å². The van der Waals surface area contributed by atoms with Gasteiger partial charge >= 0.3 is 5.97 Å². The second kappa shape index (κ2) is 4.39. The summed E-state index contributed by atoms with van der Waals surface area (Å²) in [4.78, 5) is 12.1. The first-order chi connectivity index (χ1) is 10.3. The van der Waals surface area contributed by atoms with E-state index in [9.17, 15) is 9.90 Å². The van der Waals surface area contributed by atoms with E-state index in [0.717, 1.165) is 31.1 Å². The zero-order valence-electron chi connectivity index (χ0n) is 14.2. The number of hydrogen-bond donors (Lipinski definition) is 1. The predicted octanol–water partition coefficient (Wildman–Crippen LogP) is 5.04. The highest BCUT2D eigenvalue weighted by Gasteiger charge is 2.67. The monoisotopic (exact) mass is 302 g/mol. The second-order valence-electron chi connectivity index (χ2n) is 9.27. The first-order valence-electron chi connectivity index (χ1n) is 9.24. The Morgan fingerprint density at radius 1 is 1.23 bits per heavy atom. The quantitative estimate of drug-likeness (QED) is 0.689. The normalized spacial score (nSPS) is 53.7. The molecule has 0 amide bonds. The second-order valence-corrected chi connectivity index (χ2v) is 9.27. The van der Waals surface area contributed by atoms with Crippen molar-refractivity contribution in [2.45, 2.75) is 71.6 Å². The topological polar surface area (TPSA) is 37.3 Å². The number of carbonyl (C=O) groups is 1. The largest absolute Gasteiger partial charge is 0.481 e. The molecule has 0 saturated heterocycles. The third-order valence-electron chi connectivity index (χ3n) is 8.79. The Labute approximate surface area is 134 Å². The fraction of sp³-hybridized carbons (Fsp3) is 0.850. The number of fused-ring (bicyclic) bond motifs is 2. The van der Waals surface area contributed by atoms with Gasteiger partial charge in [-0.1, -0.05) is 25.5 Å². The van der Waals surface area contributed by atoms with Crippen LogP contribution in [0.3, 0.4) is 0 Å². The van der Waals surface area contributed by atoms with Crippen LogP contribution in [-0.4, -0.2) is 11.1 Å². The number of aliphatic carboxylic acids is 1. The Hall–Kier alpha value is -0.790. The highest BCUT2D eigenvalue weighted by Crippen LogP contribution is 2.74. The third kappa shape index (κ3) is 1.55. The van der Waals surface area contributed by atoms with Crippen LogP contribution in [0, 0.1) is 34.0 Å². The first kappa shape index (κ1) is 14.8. The van der Waals surface area contributed by atoms with Crippen LogP contribution in [0.2, 0.25) is 0 Å². The van der Waals surface area contributed by atoms with Gasteiger partial charge in [-0.25, -0.2) is 0 Å². The molecule has 0 aromatic heterocycles. The van der Waals surface area contributed by atoms with Crippen molar-refractivity contribution in [2.24, 2.45) is 34.0 Å². The Morgan fingerprint density at radius 2 is 2.00 bits per heavy atom. The van der Waals surface area contributed by atoms with Crippen LogP contribution in [0.25, 0.3) is 0 Å². The van der Waals surface area contributed by atoms with Crippen molar-refractivity contribution in [3.8, 4) is 0 Å². The van der Waals surface area contributed by atoms with E-state index in [-0.39, 0.29) is 5.41 Å². The van der Waals surface area contributed by atoms with E-state index < -0.39 is 11.4 Å². The van der Waals surface area contributed by atoms with Crippen LogP contribution in [0.1, 0.15) is 71.6 Å². The van der Waals surface area contributed by atoms with Crippen LogP contribution in [-0.2, 0) is 4.79 Å². The molecule has 0 unspecified atom stereocenters. The fourth-order valence-corrected chi connectivity index (χ4v) is 7.57. The molecule has 0 aromatic rings. The number of carboxylic acids is 1. The molecule has 1 N–H and O–H groups in total. The molecule has 0 heterocycles. The molecule has 4 rings (SSSR count). The SMILES string of the molecule is C=C1CC[C@@]23C[C@@H]1C[C@@H]2CC[C@@H]1[C@]3(C)CCC[C@]1(C)C(=O)O. The summed E-state index contributed by atoms with van der Waals surface area (Å²) < 4.78 is 0. The first-order valence-corrected chi connectivity index (χ1v) is 9.24. The Balaban J connectivity index is 1.79. The molecule has 1 spiro atoms. The van der Waals surface area contributed by atoms with Crippen LogP contribution < -0.4 is 0 Å². The standard InChI is InChI=1S/C20H30O2/c1-13-7-10-20-12-14(13)11-15(20)5-6-16-18(2,17(21)22)8-4-9-19(16,20)3/h14-16H,1,4-12H2,2-3H3,(H,21,22)/t14-,15-,16-,18-,19-,20+/m0/s1. The van der Waals surface area contributed by atoms with Gasteiger partial charge in [-0.3, -0.25) is 4.79 Å². The molecule has 4 saturated carbocycles. The Bertz CT molecular complexity index is 538. The third-order valence-corrected chi connectivity index (χ3v) is 8.79. The van der Waals surface area contributed by atoms with Crippen molar-refractivity contribution < 1.29 is 9.90 Å². The van der Waals surface area contributed by atoms with Gasteiger partial charge < -0.3 is 5.11 Å². The molecule has 4 aliphatic rings. The number of hydrogen-bond acceptors (Lipinski definition) is 1. The highest BCUT2D eigenvalue weighted by molar-refractivity contribution is 5.75. The molecule has 2 nitrogen and oxygen atoms in total. The average Bonchev–Trinajstić information content (AvgIpc) is 2.79. The lowest BCUT2D eigenvalue weighted by Crippen LogP contribution is -2.59. The van der Waals surface area contributed by atoms with E-state index in [4.69, 9.17) is 0 Å². The van der Waals surface area contributed by atoms with Gasteiger partial charge in [0.15, 0.2) is 0 Å². The van der Waals surface area contributed by atoms with Crippen molar-refractivity contribution in [3.05, 3.63) is 12.2 Å². The molecule has 6 atom stereocenters. The lowest BCUT2D eigenvalue weighted by atomic mass is 9.39. The van der Waals surface area contributed by atoms with Crippen molar-refractivity contribution in [1.82, 2.24) is 0 Å². The van der Waals surface area contributed by atoms with Crippen molar-refractivity contribution >= 4 is 5.97 Å². The lowest BCUT2D eigenvalue weighted by Gasteiger charge is -2.64. The van der Waals surface area contributed by atoms with Gasteiger partial charge in [-0.05, 0) is 86.9 Å². The van der Waals surface area contributed by atoms with Gasteiger partial charge in [0.05, 0.1) is 5.41 Å². The molecular formula is C20H30O2. The summed E-state index contributed by atoms with van der Waals surface area (Å²) in [6.45, 7) is 8.85. The molecule has 2 bridgehead atoms. The molecular weight excluding hydrogens is 272 g/mol. The number of carboxylic acid groups (broad SMARTS) is 1. The van der Waals surface area contributed by atoms with Crippen molar-refractivity contribution in [2.75, 3.05) is 0 Å². The molecule has 22 heavy (non-hydrogen) atoms. The molecule has 122 valence electrons. The van der Waals surface area contributed by atoms with Gasteiger partial charge in [0.2, 0.25) is 0 Å². The zero-order valence-corrected chi connectivity index (χ0v) is 14.2. The summed E-state index contributed by atoms with van der Waals surface area (Å²) in [6.07, 6.45) is 10.7. The Morgan fingerprint density at radius 3 is 2.73 bits per heavy atom. The number of rotatable bonds is 1. The predicted molar refractivity (Wildman–Crippen MR) is 87.4 cm³/mol. The average molecular weight is 302 g/mol. The summed E-state index contributed by atoms with van der Waals surface area (Å²) in [6, 6.07) is 0. The molecule has 0 aromatic carbocycles. The van der Waals surface area contributed by atoms with Crippen LogP contribution in [0.4, 0.5) is 0 Å². The minimum absolute atomic E-state index is 0.233. The maximum Gasteiger partial charge on any atom is 0.309 e. The maximum absolute atomic E-state index is 12.1. The van der Waals surface area contributed by atoms with Crippen LogP contribution >= 0.6 is 0 Å². The van der Waals surface area contributed by atoms with E-state index in [2.05, 4.69) is 13.5 Å². The zero-order chi connectivity index (χ0) is 15.8. The van der Waals surface area contributed by atoms with E-state index in [0.29, 0.717) is 11.3 Å². The summed E-state index contributed by atoms with van der Waals surface area (Å²) in [5.41, 5.74) is 1.63. The molecule has 4 fully saturated rings. The molecule has 4 aliphatic carbocycles. The van der Waals surface area contributed by atoms with E-state index in [1.807, 2.05) is 6.92 Å². The minimum Gasteiger partial charge on any atom is -0.481 e. The van der Waals surface area contributed by atoms with E-state index in [1.165, 1.54) is 44.1 Å². The summed E-state index contributed by atoms with van der Waals surface area (Å²) in [5.74, 6) is 1.38. The van der Waals surface area contributed by atoms with Gasteiger partial charge in [-0.15, -0.1) is 0 Å². The Kier molecular flexibility index (Phi) is 2.95. The van der Waals surface area contributed by atoms with Gasteiger partial charge in [0.25, 0.3) is 0 Å². The fourth-order valence-electron chi connectivity index (χ4n) is 7.57. The summed E-state index contributed by atoms with van der Waals surface area (Å²) in [5, 5.41) is 9.94. The maximum atomic E-state index is 12.1. The van der Waals surface area contributed by atoms with Gasteiger partial charge in [-0.2, -0.15) is 0 Å². The van der Waals surface area contributed by atoms with Crippen molar-refractivity contribution in [3.63, 3.8) is 0 Å². The van der Waals surface area contributed by atoms with Gasteiger partial charge in [0, 0.05) is 0 Å². The highest BCUT2D eigenvalue weighted by atomic mass is 16.4. The molecule has 2 heteroatoms. The van der Waals surface area contributed by atoms with Crippen LogP contribution in [0.5, 0.6) is 0 Å². The lowest BCUT2D eigenvalue weighted by molar-refractivity contribution is -0.186. The number of allylic oxidation sites excluding steroid dienone is 1. The summed E-state index contributed by atoms with van der Waals surface area (Å²) in [7, 11) is 0. The summed E-state index contributed by atoms with van der Waals surface area (Å²) >= 11 is 0. The van der Waals surface area contributed by atoms with E-state index >= 15 is 0 Å². The van der Waals surface area contributed by atoms with Crippen molar-refractivity contribution in [1.29, 1.82) is 0 Å². The minimum atomic E-state index is -0.548. The molecule has 0 aliphatic heterocycles. The smallest absolute Gasteiger partial charge is 0.309 e.